The van der Waals surface area contributed by atoms with Crippen LogP contribution in [0.15, 0.2) is 47.4 Å². The average molecular weight is 468 g/mol. The number of nitrogens with one attached hydrogen (secondary N) is 1. The minimum atomic E-state index is -0.483. The number of rotatable bonds is 5. The van der Waals surface area contributed by atoms with E-state index in [2.05, 4.69) is 10.2 Å². The van der Waals surface area contributed by atoms with Crippen molar-refractivity contribution in [3.05, 3.63) is 52.9 Å². The Balaban J connectivity index is 1.22. The van der Waals surface area contributed by atoms with Gasteiger partial charge < -0.3 is 24.4 Å². The maximum absolute atomic E-state index is 12.8. The van der Waals surface area contributed by atoms with Gasteiger partial charge in [-0.2, -0.15) is 0 Å². The van der Waals surface area contributed by atoms with Crippen LogP contribution in [0.2, 0.25) is 0 Å². The standard InChI is InChI=1S/C23H21N3O6S/c27-21(24-16-3-6-18-19(12-16)32-14-31-18)13-26-22(28)20(33-23(26)29)11-15-1-4-17(5-2-15)25-7-9-30-10-8-25/h1-6,11-12H,7-10,13-14H2,(H,24,27)/b20-11+. The molecule has 2 fully saturated rings. The first-order valence-corrected chi connectivity index (χ1v) is 11.3. The zero-order valence-corrected chi connectivity index (χ0v) is 18.4. The average Bonchev–Trinajstić information content (AvgIpc) is 3.40. The Kier molecular flexibility index (Phi) is 5.93. The number of hydrogen-bond acceptors (Lipinski definition) is 8. The summed E-state index contributed by atoms with van der Waals surface area (Å²) in [6, 6.07) is 12.8. The summed E-state index contributed by atoms with van der Waals surface area (Å²) in [5.74, 6) is 0.166. The molecule has 2 aromatic carbocycles. The van der Waals surface area contributed by atoms with Crippen LogP contribution in [0.3, 0.4) is 0 Å². The molecule has 0 atom stereocenters. The minimum Gasteiger partial charge on any atom is -0.454 e. The third kappa shape index (κ3) is 4.67. The lowest BCUT2D eigenvalue weighted by atomic mass is 10.1. The van der Waals surface area contributed by atoms with Crippen LogP contribution in [0.5, 0.6) is 11.5 Å². The van der Waals surface area contributed by atoms with E-state index in [-0.39, 0.29) is 18.2 Å². The topological polar surface area (TPSA) is 97.4 Å². The molecule has 0 unspecified atom stereocenters. The number of imide groups is 1. The monoisotopic (exact) mass is 467 g/mol. The number of anilines is 2. The van der Waals surface area contributed by atoms with Crippen LogP contribution in [0.4, 0.5) is 16.2 Å². The second-order valence-electron chi connectivity index (χ2n) is 7.58. The Morgan fingerprint density at radius 3 is 2.58 bits per heavy atom. The summed E-state index contributed by atoms with van der Waals surface area (Å²) in [6.45, 7) is 2.85. The fourth-order valence-electron chi connectivity index (χ4n) is 3.71. The highest BCUT2D eigenvalue weighted by molar-refractivity contribution is 8.18. The molecule has 0 aromatic heterocycles. The van der Waals surface area contributed by atoms with Gasteiger partial charge in [0.25, 0.3) is 11.1 Å². The first kappa shape index (κ1) is 21.4. The zero-order valence-electron chi connectivity index (χ0n) is 17.6. The highest BCUT2D eigenvalue weighted by Gasteiger charge is 2.36. The first-order chi connectivity index (χ1) is 16.1. The first-order valence-electron chi connectivity index (χ1n) is 10.4. The zero-order chi connectivity index (χ0) is 22.8. The number of nitrogens with zero attached hydrogens (tertiary/aromatic N) is 2. The Morgan fingerprint density at radius 2 is 1.79 bits per heavy atom. The molecule has 3 aliphatic rings. The molecule has 3 aliphatic heterocycles. The summed E-state index contributed by atoms with van der Waals surface area (Å²) < 4.78 is 15.9. The number of carbonyl (C=O) groups is 3. The van der Waals surface area contributed by atoms with Gasteiger partial charge in [0.1, 0.15) is 6.54 Å². The molecule has 0 radical (unpaired) electrons. The molecule has 33 heavy (non-hydrogen) atoms. The molecule has 2 saturated heterocycles. The van der Waals surface area contributed by atoms with E-state index in [1.54, 1.807) is 24.3 Å². The van der Waals surface area contributed by atoms with Crippen LogP contribution < -0.4 is 19.7 Å². The second kappa shape index (κ2) is 9.16. The van der Waals surface area contributed by atoms with Gasteiger partial charge in [0.15, 0.2) is 11.5 Å². The van der Waals surface area contributed by atoms with Gasteiger partial charge in [-0.15, -0.1) is 0 Å². The van der Waals surface area contributed by atoms with Crippen LogP contribution in [-0.2, 0) is 14.3 Å². The summed E-state index contributed by atoms with van der Waals surface area (Å²) in [4.78, 5) is 41.0. The van der Waals surface area contributed by atoms with Crippen LogP contribution in [0.25, 0.3) is 6.08 Å². The second-order valence-corrected chi connectivity index (χ2v) is 8.57. The van der Waals surface area contributed by atoms with Crippen LogP contribution in [0, 0.1) is 0 Å². The van der Waals surface area contributed by atoms with Gasteiger partial charge in [-0.05, 0) is 47.7 Å². The molecule has 5 rings (SSSR count). The van der Waals surface area contributed by atoms with Crippen LogP contribution >= 0.6 is 11.8 Å². The highest BCUT2D eigenvalue weighted by atomic mass is 32.2. The molecule has 3 amide bonds. The number of thioether (sulfide) groups is 1. The van der Waals surface area contributed by atoms with E-state index < -0.39 is 17.1 Å². The molecular weight excluding hydrogens is 446 g/mol. The number of benzene rings is 2. The van der Waals surface area contributed by atoms with E-state index in [1.807, 2.05) is 24.3 Å². The molecule has 0 spiro atoms. The minimum absolute atomic E-state index is 0.131. The highest BCUT2D eigenvalue weighted by Crippen LogP contribution is 2.35. The van der Waals surface area contributed by atoms with Crippen LogP contribution in [0.1, 0.15) is 5.56 Å². The lowest BCUT2D eigenvalue weighted by Gasteiger charge is -2.28. The van der Waals surface area contributed by atoms with Crippen molar-refractivity contribution in [3.8, 4) is 11.5 Å². The van der Waals surface area contributed by atoms with Crippen molar-refractivity contribution in [2.75, 3.05) is 49.9 Å². The summed E-state index contributed by atoms with van der Waals surface area (Å²) in [5.41, 5.74) is 2.39. The molecule has 0 aliphatic carbocycles. The summed E-state index contributed by atoms with van der Waals surface area (Å²) in [7, 11) is 0. The number of hydrogen-bond donors (Lipinski definition) is 1. The Bertz CT molecular complexity index is 1130. The van der Waals surface area contributed by atoms with Crippen molar-refractivity contribution in [1.29, 1.82) is 0 Å². The quantitative estimate of drug-likeness (QED) is 0.671. The maximum Gasteiger partial charge on any atom is 0.294 e. The van der Waals surface area contributed by atoms with E-state index in [0.717, 1.165) is 41.0 Å². The summed E-state index contributed by atoms with van der Waals surface area (Å²) in [6.07, 6.45) is 1.67. The van der Waals surface area contributed by atoms with Crippen molar-refractivity contribution >= 4 is 46.3 Å². The van der Waals surface area contributed by atoms with Gasteiger partial charge in [-0.1, -0.05) is 12.1 Å². The normalized spacial score (nSPS) is 18.8. The number of amides is 3. The van der Waals surface area contributed by atoms with Gasteiger partial charge in [0.2, 0.25) is 12.7 Å². The van der Waals surface area contributed by atoms with Gasteiger partial charge in [-0.3, -0.25) is 19.3 Å². The third-order valence-electron chi connectivity index (χ3n) is 5.40. The van der Waals surface area contributed by atoms with Gasteiger partial charge >= 0.3 is 0 Å². The number of ether oxygens (including phenoxy) is 3. The summed E-state index contributed by atoms with van der Waals surface area (Å²) in [5, 5.41) is 2.20. The molecule has 170 valence electrons. The van der Waals surface area contributed by atoms with Crippen LogP contribution in [-0.4, -0.2) is 61.6 Å². The molecular formula is C23H21N3O6S. The smallest absolute Gasteiger partial charge is 0.294 e. The fourth-order valence-corrected chi connectivity index (χ4v) is 4.55. The van der Waals surface area contributed by atoms with Gasteiger partial charge in [0, 0.05) is 30.5 Å². The van der Waals surface area contributed by atoms with Crippen molar-refractivity contribution in [2.45, 2.75) is 0 Å². The van der Waals surface area contributed by atoms with E-state index >= 15 is 0 Å². The van der Waals surface area contributed by atoms with E-state index in [0.29, 0.717) is 30.4 Å². The SMILES string of the molecule is O=C(CN1C(=O)S/C(=C/c2ccc(N3CCOCC3)cc2)C1=O)Nc1ccc2c(c1)OCO2. The molecule has 3 heterocycles. The Labute approximate surface area is 194 Å². The lowest BCUT2D eigenvalue weighted by molar-refractivity contribution is -0.127. The Hall–Kier alpha value is -3.50. The number of carbonyl (C=O) groups excluding carboxylic acids is 3. The summed E-state index contributed by atoms with van der Waals surface area (Å²) >= 11 is 0.829. The van der Waals surface area contributed by atoms with Crippen molar-refractivity contribution < 1.29 is 28.6 Å². The largest absolute Gasteiger partial charge is 0.454 e. The number of morpholine rings is 1. The molecule has 9 nitrogen and oxygen atoms in total. The molecule has 1 N–H and O–H groups in total. The van der Waals surface area contributed by atoms with Crippen molar-refractivity contribution in [2.24, 2.45) is 0 Å². The molecule has 10 heteroatoms. The third-order valence-corrected chi connectivity index (χ3v) is 6.31. The van der Waals surface area contributed by atoms with Gasteiger partial charge in [-0.25, -0.2) is 0 Å². The Morgan fingerprint density at radius 1 is 1.03 bits per heavy atom. The maximum atomic E-state index is 12.8. The predicted octanol–water partition coefficient (Wildman–Crippen LogP) is 2.93. The van der Waals surface area contributed by atoms with E-state index in [1.165, 1.54) is 0 Å². The fraction of sp³-hybridized carbons (Fsp3) is 0.261. The van der Waals surface area contributed by atoms with E-state index in [9.17, 15) is 14.4 Å². The molecule has 2 aromatic rings. The van der Waals surface area contributed by atoms with Crippen molar-refractivity contribution in [3.63, 3.8) is 0 Å². The molecule has 0 bridgehead atoms. The van der Waals surface area contributed by atoms with Crippen molar-refractivity contribution in [1.82, 2.24) is 4.90 Å². The van der Waals surface area contributed by atoms with Gasteiger partial charge in [0.05, 0.1) is 18.1 Å². The van der Waals surface area contributed by atoms with E-state index in [4.69, 9.17) is 14.2 Å². The molecule has 0 saturated carbocycles. The lowest BCUT2D eigenvalue weighted by Crippen LogP contribution is -2.36. The number of fused-ring (bicyclic) bond motifs is 1. The predicted molar refractivity (Wildman–Crippen MR) is 123 cm³/mol.